The van der Waals surface area contributed by atoms with Crippen molar-refractivity contribution in [1.82, 2.24) is 0 Å². The zero-order chi connectivity index (χ0) is 12.7. The molecule has 0 aromatic heterocycles. The predicted octanol–water partition coefficient (Wildman–Crippen LogP) is 4.24. The molecule has 0 saturated heterocycles. The molecule has 0 bridgehead atoms. The zero-order valence-electron chi connectivity index (χ0n) is 12.0. The van der Waals surface area contributed by atoms with Crippen molar-refractivity contribution in [2.45, 2.75) is 70.9 Å². The number of carbonyl (C=O) groups excluding carboxylic acids is 1. The van der Waals surface area contributed by atoms with E-state index in [2.05, 4.69) is 41.5 Å². The Hall–Kier alpha value is 0.202. The minimum atomic E-state index is -1.47. The monoisotopic (exact) mass is 226 g/mol. The van der Waals surface area contributed by atoms with Crippen LogP contribution < -0.4 is 0 Å². The average molecular weight is 226 g/mol. The minimum absolute atomic E-state index is 0.169. The van der Waals surface area contributed by atoms with E-state index < -0.39 is 14.1 Å². The summed E-state index contributed by atoms with van der Waals surface area (Å²) in [6.45, 7) is 19.5. The highest BCUT2D eigenvalue weighted by molar-refractivity contribution is 6.94. The first kappa shape index (κ1) is 15.2. The van der Waals surface area contributed by atoms with Gasteiger partial charge in [-0.2, -0.15) is 0 Å². The van der Waals surface area contributed by atoms with Crippen LogP contribution in [-0.2, 0) is 4.79 Å². The molecule has 88 valence electrons. The molecule has 1 nitrogen and oxygen atoms in total. The third-order valence-corrected chi connectivity index (χ3v) is 7.59. The van der Waals surface area contributed by atoms with Gasteiger partial charge < -0.3 is 4.79 Å². The Bertz CT molecular complexity index is 221. The van der Waals surface area contributed by atoms with Crippen molar-refractivity contribution in [2.24, 2.45) is 5.41 Å². The predicted molar refractivity (Wildman–Crippen MR) is 69.6 cm³/mol. The Morgan fingerprint density at radius 2 is 1.00 bits per heavy atom. The first-order valence-electron chi connectivity index (χ1n) is 5.82. The van der Waals surface area contributed by atoms with Gasteiger partial charge in [0.25, 0.3) is 0 Å². The second-order valence-corrected chi connectivity index (χ2v) is 12.6. The Kier molecular flexibility index (Phi) is 4.28. The van der Waals surface area contributed by atoms with Gasteiger partial charge in [-0.25, -0.2) is 0 Å². The van der Waals surface area contributed by atoms with E-state index in [9.17, 15) is 4.79 Å². The quantitative estimate of drug-likeness (QED) is 0.611. The molecule has 0 aliphatic heterocycles. The summed E-state index contributed by atoms with van der Waals surface area (Å²) in [7, 11) is 0. The van der Waals surface area contributed by atoms with E-state index >= 15 is 0 Å². The maximum atomic E-state index is 12.5. The van der Waals surface area contributed by atoms with Crippen LogP contribution in [0.4, 0.5) is 0 Å². The first-order valence-corrected chi connectivity index (χ1v) is 7.55. The van der Waals surface area contributed by atoms with Crippen LogP contribution in [0.3, 0.4) is 0 Å². The topological polar surface area (TPSA) is 17.1 Å². The first-order chi connectivity index (χ1) is 6.28. The van der Waals surface area contributed by atoms with Crippen molar-refractivity contribution in [3.05, 3.63) is 0 Å². The molecular weight excluding hydrogens is 199 g/mol. The van der Waals surface area contributed by atoms with Crippen molar-refractivity contribution in [2.75, 3.05) is 0 Å². The lowest BCUT2D eigenvalue weighted by Gasteiger charge is -2.38. The van der Waals surface area contributed by atoms with Crippen molar-refractivity contribution >= 4 is 18.8 Å². The summed E-state index contributed by atoms with van der Waals surface area (Å²) in [5, 5.41) is 0. The standard InChI is InChI=1S/C5H9O.2C4H9.Al/c1-5(2,3)4-6;2*1-4(2)3;/h1-3H3;2*1-3H3;. The van der Waals surface area contributed by atoms with Crippen molar-refractivity contribution in [3.8, 4) is 0 Å². The largest absolute Gasteiger partial charge is 0.378 e. The van der Waals surface area contributed by atoms with Crippen molar-refractivity contribution in [1.29, 1.82) is 0 Å². The second-order valence-electron chi connectivity index (χ2n) is 7.78. The van der Waals surface area contributed by atoms with Gasteiger partial charge in [-0.15, -0.1) is 0 Å². The van der Waals surface area contributed by atoms with Crippen LogP contribution in [0.15, 0.2) is 0 Å². The van der Waals surface area contributed by atoms with Gasteiger partial charge in [0.05, 0.1) is 4.65 Å². The summed E-state index contributed by atoms with van der Waals surface area (Å²) < 4.78 is 0.855. The highest BCUT2D eigenvalue weighted by Crippen LogP contribution is 2.44. The molecule has 0 aliphatic carbocycles. The van der Waals surface area contributed by atoms with Crippen LogP contribution in [0.2, 0.25) is 8.55 Å². The Morgan fingerprint density at radius 1 is 0.733 bits per heavy atom. The van der Waals surface area contributed by atoms with Crippen LogP contribution in [0.5, 0.6) is 0 Å². The van der Waals surface area contributed by atoms with Crippen LogP contribution in [-0.4, -0.2) is 18.8 Å². The molecule has 0 N–H and O–H groups in total. The normalized spacial score (nSPS) is 13.9. The summed E-state index contributed by atoms with van der Waals surface area (Å²) in [5.41, 5.74) is -0.183. The molecule has 0 aromatic rings. The maximum absolute atomic E-state index is 12.5. The van der Waals surface area contributed by atoms with Gasteiger partial charge in [0.15, 0.2) is 0 Å². The second kappa shape index (κ2) is 4.23. The van der Waals surface area contributed by atoms with Gasteiger partial charge in [0.2, 0.25) is 0 Å². The molecule has 0 atom stereocenters. The van der Waals surface area contributed by atoms with Crippen LogP contribution in [0.1, 0.15) is 62.3 Å². The molecule has 0 fully saturated rings. The zero-order valence-corrected chi connectivity index (χ0v) is 13.1. The van der Waals surface area contributed by atoms with Crippen molar-refractivity contribution in [3.63, 3.8) is 0 Å². The average Bonchev–Trinajstić information content (AvgIpc) is 1.76. The fraction of sp³-hybridized carbons (Fsp3) is 0.923. The molecule has 0 aromatic carbocycles. The van der Waals surface area contributed by atoms with Gasteiger partial charge in [0.1, 0.15) is 0 Å². The maximum Gasteiger partial charge on any atom is 0.378 e. The van der Waals surface area contributed by atoms with E-state index in [1.54, 1.807) is 0 Å². The summed E-state index contributed by atoms with van der Waals surface area (Å²) in [4.78, 5) is 12.5. The lowest BCUT2D eigenvalue weighted by molar-refractivity contribution is -0.119. The Morgan fingerprint density at radius 3 is 1.07 bits per heavy atom. The van der Waals surface area contributed by atoms with E-state index in [-0.39, 0.29) is 14.0 Å². The van der Waals surface area contributed by atoms with Crippen LogP contribution in [0, 0.1) is 5.41 Å². The highest BCUT2D eigenvalue weighted by Gasteiger charge is 2.50. The number of hydrogen-bond acceptors (Lipinski definition) is 1. The Balaban J connectivity index is 5.26. The summed E-state index contributed by atoms with van der Waals surface area (Å²) in [5.74, 6) is 0. The van der Waals surface area contributed by atoms with Crippen molar-refractivity contribution < 1.29 is 4.79 Å². The summed E-state index contributed by atoms with van der Waals surface area (Å²) in [6.07, 6.45) is 0. The fourth-order valence-corrected chi connectivity index (χ4v) is 7.56. The van der Waals surface area contributed by atoms with Crippen LogP contribution >= 0.6 is 0 Å². The molecule has 0 aliphatic rings. The molecular formula is C13H27AlO. The van der Waals surface area contributed by atoms with Gasteiger partial charge in [-0.3, -0.25) is 0 Å². The molecule has 2 heteroatoms. The fourth-order valence-electron chi connectivity index (χ4n) is 2.52. The van der Waals surface area contributed by atoms with Gasteiger partial charge in [-0.1, -0.05) is 70.9 Å². The van der Waals surface area contributed by atoms with E-state index in [1.165, 1.54) is 0 Å². The molecule has 0 amide bonds. The molecule has 0 saturated carbocycles. The van der Waals surface area contributed by atoms with Gasteiger partial charge in [-0.05, 0) is 0 Å². The molecule has 0 heterocycles. The lowest BCUT2D eigenvalue weighted by atomic mass is 9.99. The summed E-state index contributed by atoms with van der Waals surface area (Å²) in [6, 6.07) is 0. The summed E-state index contributed by atoms with van der Waals surface area (Å²) >= 11 is -1.47. The molecule has 0 unspecified atom stereocenters. The number of hydrogen-bond donors (Lipinski definition) is 0. The van der Waals surface area contributed by atoms with Crippen LogP contribution in [0.25, 0.3) is 0 Å². The number of carbonyl (C=O) groups is 1. The molecule has 0 spiro atoms. The van der Waals surface area contributed by atoms with Gasteiger partial charge >= 0.3 is 14.1 Å². The lowest BCUT2D eigenvalue weighted by Crippen LogP contribution is -2.48. The van der Waals surface area contributed by atoms with Gasteiger partial charge in [0, 0.05) is 5.41 Å². The number of rotatable bonds is 1. The van der Waals surface area contributed by atoms with E-state index in [4.69, 9.17) is 0 Å². The Labute approximate surface area is 100 Å². The smallest absolute Gasteiger partial charge is 0.320 e. The molecule has 0 radical (unpaired) electrons. The third kappa shape index (κ3) is 4.29. The van der Waals surface area contributed by atoms with E-state index in [0.29, 0.717) is 4.65 Å². The molecule has 0 rings (SSSR count). The van der Waals surface area contributed by atoms with E-state index in [1.807, 2.05) is 20.8 Å². The SMILES string of the molecule is CC(C)(C)[C](=O)[Al]([C](C)(C)C)[C](C)(C)C. The van der Waals surface area contributed by atoms with E-state index in [0.717, 1.165) is 0 Å². The highest BCUT2D eigenvalue weighted by atomic mass is 27.2. The molecule has 15 heavy (non-hydrogen) atoms. The minimum Gasteiger partial charge on any atom is -0.320 e. The third-order valence-electron chi connectivity index (χ3n) is 2.73.